The highest BCUT2D eigenvalue weighted by Gasteiger charge is 2.30. The predicted molar refractivity (Wildman–Crippen MR) is 105 cm³/mol. The molecule has 2 N–H and O–H groups in total. The summed E-state index contributed by atoms with van der Waals surface area (Å²) in [7, 11) is 0. The van der Waals surface area contributed by atoms with Gasteiger partial charge in [0.2, 0.25) is 0 Å². The van der Waals surface area contributed by atoms with E-state index in [1.54, 1.807) is 25.2 Å². The first-order valence-electron chi connectivity index (χ1n) is 8.62. The van der Waals surface area contributed by atoms with Crippen molar-refractivity contribution >= 4 is 35.1 Å². The van der Waals surface area contributed by atoms with Gasteiger partial charge >= 0.3 is 12.0 Å². The number of esters is 1. The summed E-state index contributed by atoms with van der Waals surface area (Å²) in [6.07, 6.45) is 0. The molecule has 1 atom stereocenters. The van der Waals surface area contributed by atoms with Crippen LogP contribution in [0.2, 0.25) is 0 Å². The number of carbonyl (C=O) groups is 2. The lowest BCUT2D eigenvalue weighted by molar-refractivity contribution is -0.138. The van der Waals surface area contributed by atoms with Crippen LogP contribution >= 0.6 is 23.1 Å². The zero-order valence-corrected chi connectivity index (χ0v) is 16.9. The molecule has 0 bridgehead atoms. The molecule has 2 aromatic heterocycles. The number of thiophene rings is 1. The van der Waals surface area contributed by atoms with Crippen LogP contribution in [-0.2, 0) is 16.1 Å². The summed E-state index contributed by atoms with van der Waals surface area (Å²) < 4.78 is 7.16. The monoisotopic (exact) mass is 407 g/mol. The van der Waals surface area contributed by atoms with Gasteiger partial charge in [0.25, 0.3) is 0 Å². The van der Waals surface area contributed by atoms with Crippen molar-refractivity contribution in [3.05, 3.63) is 28.8 Å². The molecule has 10 heteroatoms. The van der Waals surface area contributed by atoms with E-state index >= 15 is 0 Å². The molecule has 3 heterocycles. The van der Waals surface area contributed by atoms with Crippen LogP contribution < -0.4 is 10.6 Å². The smallest absolute Gasteiger partial charge is 0.337 e. The van der Waals surface area contributed by atoms with Gasteiger partial charge in [-0.15, -0.1) is 21.5 Å². The molecule has 2 amide bonds. The maximum atomic E-state index is 12.3. The second-order valence-electron chi connectivity index (χ2n) is 5.75. The molecule has 0 saturated heterocycles. The summed E-state index contributed by atoms with van der Waals surface area (Å²) in [5, 5.41) is 16.7. The van der Waals surface area contributed by atoms with Gasteiger partial charge in [0.15, 0.2) is 11.0 Å². The predicted octanol–water partition coefficient (Wildman–Crippen LogP) is 2.64. The molecule has 0 radical (unpaired) electrons. The Bertz CT molecular complexity index is 860. The van der Waals surface area contributed by atoms with Crippen molar-refractivity contribution in [1.82, 2.24) is 25.4 Å². The molecule has 0 saturated carbocycles. The van der Waals surface area contributed by atoms with E-state index in [1.807, 2.05) is 29.0 Å². The number of amides is 2. The van der Waals surface area contributed by atoms with E-state index < -0.39 is 12.0 Å². The Labute approximate surface area is 165 Å². The van der Waals surface area contributed by atoms with Crippen LogP contribution in [0.5, 0.6) is 0 Å². The van der Waals surface area contributed by atoms with Gasteiger partial charge in [0.05, 0.1) is 23.1 Å². The van der Waals surface area contributed by atoms with Crippen molar-refractivity contribution in [1.29, 1.82) is 0 Å². The summed E-state index contributed by atoms with van der Waals surface area (Å²) in [6, 6.07) is 3.23. The fraction of sp³-hybridized carbons (Fsp3) is 0.412. The van der Waals surface area contributed by atoms with Crippen molar-refractivity contribution in [2.45, 2.75) is 38.5 Å². The fourth-order valence-corrected chi connectivity index (χ4v) is 4.49. The molecule has 144 valence electrons. The highest BCUT2D eigenvalue weighted by atomic mass is 32.2. The Morgan fingerprint density at radius 1 is 1.41 bits per heavy atom. The number of carbonyl (C=O) groups excluding carboxylic acids is 2. The summed E-state index contributed by atoms with van der Waals surface area (Å²) in [4.78, 5) is 25.2. The maximum Gasteiger partial charge on any atom is 0.337 e. The molecule has 2 aromatic rings. The van der Waals surface area contributed by atoms with Crippen molar-refractivity contribution in [3.63, 3.8) is 0 Å². The minimum atomic E-state index is -0.427. The first-order valence-corrected chi connectivity index (χ1v) is 10.5. The Morgan fingerprint density at radius 2 is 2.22 bits per heavy atom. The van der Waals surface area contributed by atoms with Crippen LogP contribution in [0.3, 0.4) is 0 Å². The molecular weight excluding hydrogens is 386 g/mol. The molecule has 1 aliphatic heterocycles. The normalized spacial score (nSPS) is 16.9. The van der Waals surface area contributed by atoms with E-state index in [1.165, 1.54) is 11.8 Å². The van der Waals surface area contributed by atoms with Crippen LogP contribution in [0.1, 0.15) is 20.8 Å². The lowest BCUT2D eigenvalue weighted by Gasteiger charge is -2.26. The molecule has 0 fully saturated rings. The fourth-order valence-electron chi connectivity index (χ4n) is 2.80. The van der Waals surface area contributed by atoms with Gasteiger partial charge in [-0.25, -0.2) is 9.59 Å². The zero-order chi connectivity index (χ0) is 19.4. The number of ether oxygens (including phenoxy) is 1. The van der Waals surface area contributed by atoms with Crippen molar-refractivity contribution in [3.8, 4) is 10.7 Å². The van der Waals surface area contributed by atoms with E-state index in [9.17, 15) is 9.59 Å². The van der Waals surface area contributed by atoms with Crippen LogP contribution in [0.25, 0.3) is 10.7 Å². The number of urea groups is 1. The standard InChI is InChI=1S/C17H21N5O3S2/c1-4-22-14(12-7-6-8-26-12)20-21-17(22)27-9-11-13(15(23)25-5-2)10(3)18-16(24)19-11/h6-8,10H,4-5,9H2,1-3H3,(H2,18,19,24). The summed E-state index contributed by atoms with van der Waals surface area (Å²) >= 11 is 3.03. The van der Waals surface area contributed by atoms with E-state index in [4.69, 9.17) is 4.74 Å². The van der Waals surface area contributed by atoms with Crippen molar-refractivity contribution < 1.29 is 14.3 Å². The molecule has 0 aromatic carbocycles. The van der Waals surface area contributed by atoms with Gasteiger partial charge in [-0.3, -0.25) is 0 Å². The molecular formula is C17H21N5O3S2. The summed E-state index contributed by atoms with van der Waals surface area (Å²) in [5.74, 6) is 0.774. The van der Waals surface area contributed by atoms with Gasteiger partial charge in [-0.05, 0) is 32.2 Å². The number of nitrogens with one attached hydrogen (secondary N) is 2. The van der Waals surface area contributed by atoms with Crippen LogP contribution in [0, 0.1) is 0 Å². The van der Waals surface area contributed by atoms with Crippen molar-refractivity contribution in [2.24, 2.45) is 0 Å². The third-order valence-electron chi connectivity index (χ3n) is 3.99. The molecule has 3 rings (SSSR count). The zero-order valence-electron chi connectivity index (χ0n) is 15.3. The lowest BCUT2D eigenvalue weighted by Crippen LogP contribution is -2.49. The van der Waals surface area contributed by atoms with Gasteiger partial charge in [-0.2, -0.15) is 0 Å². The van der Waals surface area contributed by atoms with Gasteiger partial charge in [0.1, 0.15) is 0 Å². The molecule has 0 aliphatic carbocycles. The number of hydrogen-bond donors (Lipinski definition) is 2. The minimum absolute atomic E-state index is 0.276. The molecule has 27 heavy (non-hydrogen) atoms. The lowest BCUT2D eigenvalue weighted by atomic mass is 10.1. The molecule has 1 aliphatic rings. The van der Waals surface area contributed by atoms with Crippen LogP contribution in [0.15, 0.2) is 33.9 Å². The SMILES string of the molecule is CCOC(=O)C1=C(CSc2nnc(-c3cccs3)n2CC)NC(=O)NC1C. The van der Waals surface area contributed by atoms with E-state index in [2.05, 4.69) is 20.8 Å². The number of aromatic nitrogens is 3. The van der Waals surface area contributed by atoms with Gasteiger partial charge < -0.3 is 19.9 Å². The highest BCUT2D eigenvalue weighted by Crippen LogP contribution is 2.28. The summed E-state index contributed by atoms with van der Waals surface area (Å²) in [5.41, 5.74) is 0.975. The minimum Gasteiger partial charge on any atom is -0.463 e. The second kappa shape index (κ2) is 8.57. The quantitative estimate of drug-likeness (QED) is 0.541. The van der Waals surface area contributed by atoms with Crippen LogP contribution in [-0.4, -0.2) is 45.2 Å². The first kappa shape index (κ1) is 19.4. The number of nitrogens with zero attached hydrogens (tertiary/aromatic N) is 3. The number of thioether (sulfide) groups is 1. The average Bonchev–Trinajstić information content (AvgIpc) is 3.28. The van der Waals surface area contributed by atoms with E-state index in [0.29, 0.717) is 17.0 Å². The number of hydrogen-bond acceptors (Lipinski definition) is 7. The second-order valence-corrected chi connectivity index (χ2v) is 7.64. The Morgan fingerprint density at radius 3 is 2.89 bits per heavy atom. The molecule has 1 unspecified atom stereocenters. The Balaban J connectivity index is 1.84. The third-order valence-corrected chi connectivity index (χ3v) is 5.84. The summed E-state index contributed by atoms with van der Waals surface area (Å²) in [6.45, 7) is 6.54. The van der Waals surface area contributed by atoms with E-state index in [-0.39, 0.29) is 12.6 Å². The topological polar surface area (TPSA) is 98.1 Å². The molecule has 8 nitrogen and oxygen atoms in total. The van der Waals surface area contributed by atoms with Crippen LogP contribution in [0.4, 0.5) is 4.79 Å². The first-order chi connectivity index (χ1) is 13.0. The Kier molecular flexibility index (Phi) is 6.17. The van der Waals surface area contributed by atoms with Crippen molar-refractivity contribution in [2.75, 3.05) is 12.4 Å². The van der Waals surface area contributed by atoms with Gasteiger partial charge in [0, 0.05) is 18.0 Å². The Hall–Kier alpha value is -2.33. The average molecular weight is 408 g/mol. The number of rotatable bonds is 7. The maximum absolute atomic E-state index is 12.3. The molecule has 0 spiro atoms. The highest BCUT2D eigenvalue weighted by molar-refractivity contribution is 7.99. The largest absolute Gasteiger partial charge is 0.463 e. The third kappa shape index (κ3) is 4.16. The van der Waals surface area contributed by atoms with Gasteiger partial charge in [-0.1, -0.05) is 17.8 Å². The van der Waals surface area contributed by atoms with E-state index in [0.717, 1.165) is 22.4 Å².